The molecule has 0 unspecified atom stereocenters. The molecule has 0 spiro atoms. The van der Waals surface area contributed by atoms with Crippen LogP contribution in [0.15, 0.2) is 48.8 Å². The Morgan fingerprint density at radius 3 is 2.97 bits per heavy atom. The summed E-state index contributed by atoms with van der Waals surface area (Å²) >= 11 is 0. The molecule has 0 bridgehead atoms. The first-order valence-corrected chi connectivity index (χ1v) is 12.6. The van der Waals surface area contributed by atoms with Crippen molar-refractivity contribution in [3.63, 3.8) is 0 Å². The maximum atomic E-state index is 13.7. The number of amides is 1. The van der Waals surface area contributed by atoms with Gasteiger partial charge in [-0.15, -0.1) is 0 Å². The summed E-state index contributed by atoms with van der Waals surface area (Å²) in [5.74, 6) is 0.580. The highest BCUT2D eigenvalue weighted by molar-refractivity contribution is 6.06. The molecule has 0 saturated carbocycles. The molecule has 1 aromatic carbocycles. The Balaban J connectivity index is 1.37. The second-order valence-corrected chi connectivity index (χ2v) is 9.66. The maximum absolute atomic E-state index is 13.7. The van der Waals surface area contributed by atoms with Gasteiger partial charge in [-0.25, -0.2) is 14.4 Å². The zero-order valence-corrected chi connectivity index (χ0v) is 20.9. The van der Waals surface area contributed by atoms with E-state index in [9.17, 15) is 9.18 Å². The van der Waals surface area contributed by atoms with Crippen LogP contribution in [0.4, 0.5) is 15.9 Å². The lowest BCUT2D eigenvalue weighted by Gasteiger charge is -2.20. The van der Waals surface area contributed by atoms with Gasteiger partial charge < -0.3 is 20.3 Å². The summed E-state index contributed by atoms with van der Waals surface area (Å²) in [5.41, 5.74) is 6.64. The largest absolute Gasteiger partial charge is 0.381 e. The molecule has 3 aromatic heterocycles. The number of hydrogen-bond donors (Lipinski definition) is 2. The summed E-state index contributed by atoms with van der Waals surface area (Å²) in [6.07, 6.45) is 4.37. The molecule has 4 aromatic rings. The van der Waals surface area contributed by atoms with Crippen molar-refractivity contribution in [1.82, 2.24) is 24.6 Å². The normalized spacial score (nSPS) is 17.0. The number of pyridine rings is 2. The first-order valence-electron chi connectivity index (χ1n) is 12.6. The van der Waals surface area contributed by atoms with Crippen LogP contribution in [0.25, 0.3) is 16.9 Å². The SMILES string of the molecule is CCN(C)Cc1nc(Nc2ccc(-c3cnc4cc(F)ccn34)c3c2C(=O)NC3)ccc1[C@@H]1CCOC1. The number of nitrogens with one attached hydrogen (secondary N) is 2. The van der Waals surface area contributed by atoms with E-state index in [0.29, 0.717) is 35.2 Å². The average Bonchev–Trinajstić information content (AvgIpc) is 3.65. The zero-order chi connectivity index (χ0) is 25.5. The van der Waals surface area contributed by atoms with Crippen LogP contribution in [-0.2, 0) is 17.8 Å². The number of carbonyl (C=O) groups excluding carboxylic acids is 1. The topological polar surface area (TPSA) is 83.8 Å². The lowest BCUT2D eigenvalue weighted by molar-refractivity contribution is 0.0966. The molecule has 1 saturated heterocycles. The van der Waals surface area contributed by atoms with E-state index in [1.807, 2.05) is 22.6 Å². The van der Waals surface area contributed by atoms with E-state index in [2.05, 4.69) is 40.6 Å². The van der Waals surface area contributed by atoms with Gasteiger partial charge in [-0.3, -0.25) is 9.20 Å². The predicted molar refractivity (Wildman–Crippen MR) is 139 cm³/mol. The van der Waals surface area contributed by atoms with E-state index >= 15 is 0 Å². The van der Waals surface area contributed by atoms with Crippen LogP contribution in [0.3, 0.4) is 0 Å². The van der Waals surface area contributed by atoms with Crippen molar-refractivity contribution in [3.8, 4) is 11.3 Å². The average molecular weight is 501 g/mol. The van der Waals surface area contributed by atoms with Crippen molar-refractivity contribution in [2.24, 2.45) is 0 Å². The van der Waals surface area contributed by atoms with Gasteiger partial charge in [-0.05, 0) is 49.3 Å². The molecule has 37 heavy (non-hydrogen) atoms. The molecular formula is C28H29FN6O2. The Morgan fingerprint density at radius 1 is 1.27 bits per heavy atom. The van der Waals surface area contributed by atoms with Crippen molar-refractivity contribution in [3.05, 3.63) is 77.0 Å². The minimum absolute atomic E-state index is 0.134. The smallest absolute Gasteiger partial charge is 0.254 e. The fraction of sp³-hybridized carbons (Fsp3) is 0.321. The van der Waals surface area contributed by atoms with Crippen molar-refractivity contribution in [2.75, 3.05) is 32.1 Å². The van der Waals surface area contributed by atoms with Crippen LogP contribution in [0.5, 0.6) is 0 Å². The van der Waals surface area contributed by atoms with E-state index in [-0.39, 0.29) is 11.7 Å². The molecule has 0 radical (unpaired) electrons. The lowest BCUT2D eigenvalue weighted by Crippen LogP contribution is -2.20. The Morgan fingerprint density at radius 2 is 2.16 bits per heavy atom. The van der Waals surface area contributed by atoms with E-state index < -0.39 is 0 Å². The fourth-order valence-electron chi connectivity index (χ4n) is 5.21. The molecule has 5 heterocycles. The molecule has 2 aliphatic rings. The van der Waals surface area contributed by atoms with E-state index in [4.69, 9.17) is 9.72 Å². The van der Waals surface area contributed by atoms with Crippen LogP contribution in [-0.4, -0.2) is 52.0 Å². The third kappa shape index (κ3) is 4.34. The highest BCUT2D eigenvalue weighted by atomic mass is 19.1. The molecular weight excluding hydrogens is 471 g/mol. The Hall–Kier alpha value is -3.82. The number of imidazole rings is 1. The molecule has 1 fully saturated rings. The standard InChI is InChI=1S/C28H29FN6O2/c1-3-34(2)15-23-19(17-9-11-37-16-17)5-7-25(33-23)32-22-6-4-20(21-13-31-28(36)27(21)22)24-14-30-26-12-18(29)8-10-35(24)26/h4-8,10,12,14,17H,3,9,11,13,15-16H2,1-2H3,(H,31,36)(H,32,33)/t17-/m1/s1. The van der Waals surface area contributed by atoms with Gasteiger partial charge in [-0.1, -0.05) is 19.1 Å². The summed E-state index contributed by atoms with van der Waals surface area (Å²) < 4.78 is 21.1. The number of hydrogen-bond acceptors (Lipinski definition) is 6. The first-order chi connectivity index (χ1) is 18.0. The van der Waals surface area contributed by atoms with Gasteiger partial charge in [0.25, 0.3) is 5.91 Å². The molecule has 9 heteroatoms. The number of fused-ring (bicyclic) bond motifs is 2. The number of benzene rings is 1. The van der Waals surface area contributed by atoms with E-state index in [1.165, 1.54) is 17.7 Å². The first kappa shape index (κ1) is 23.6. The molecule has 1 atom stereocenters. The Bertz CT molecular complexity index is 1490. The van der Waals surface area contributed by atoms with Gasteiger partial charge in [0.1, 0.15) is 17.3 Å². The lowest BCUT2D eigenvalue weighted by atomic mass is 9.96. The molecule has 190 valence electrons. The molecule has 2 N–H and O–H groups in total. The van der Waals surface area contributed by atoms with Crippen molar-refractivity contribution < 1.29 is 13.9 Å². The van der Waals surface area contributed by atoms with Crippen LogP contribution < -0.4 is 10.6 Å². The second kappa shape index (κ2) is 9.57. The minimum Gasteiger partial charge on any atom is -0.381 e. The summed E-state index contributed by atoms with van der Waals surface area (Å²) in [7, 11) is 2.08. The highest BCUT2D eigenvalue weighted by Crippen LogP contribution is 2.36. The van der Waals surface area contributed by atoms with Crippen LogP contribution in [0.2, 0.25) is 0 Å². The van der Waals surface area contributed by atoms with Crippen LogP contribution >= 0.6 is 0 Å². The number of halogens is 1. The molecule has 1 amide bonds. The monoisotopic (exact) mass is 500 g/mol. The van der Waals surface area contributed by atoms with Gasteiger partial charge in [-0.2, -0.15) is 0 Å². The van der Waals surface area contributed by atoms with Crippen molar-refractivity contribution in [1.29, 1.82) is 0 Å². The second-order valence-electron chi connectivity index (χ2n) is 9.66. The number of anilines is 2. The summed E-state index contributed by atoms with van der Waals surface area (Å²) in [4.78, 5) is 24.5. The summed E-state index contributed by atoms with van der Waals surface area (Å²) in [6, 6.07) is 10.8. The van der Waals surface area contributed by atoms with Gasteiger partial charge in [0.05, 0.1) is 35.4 Å². The van der Waals surface area contributed by atoms with E-state index in [0.717, 1.165) is 55.2 Å². The number of nitrogens with zero attached hydrogens (tertiary/aromatic N) is 4. The third-order valence-corrected chi connectivity index (χ3v) is 7.32. The van der Waals surface area contributed by atoms with Gasteiger partial charge in [0.15, 0.2) is 0 Å². The number of aromatic nitrogens is 3. The number of ether oxygens (including phenoxy) is 1. The van der Waals surface area contributed by atoms with Crippen molar-refractivity contribution >= 4 is 23.1 Å². The zero-order valence-electron chi connectivity index (χ0n) is 20.9. The Kier molecular flexibility index (Phi) is 6.10. The maximum Gasteiger partial charge on any atom is 0.254 e. The third-order valence-electron chi connectivity index (χ3n) is 7.32. The van der Waals surface area contributed by atoms with Gasteiger partial charge >= 0.3 is 0 Å². The Labute approximate surface area is 214 Å². The molecule has 8 nitrogen and oxygen atoms in total. The fourth-order valence-corrected chi connectivity index (χ4v) is 5.21. The molecule has 2 aliphatic heterocycles. The van der Waals surface area contributed by atoms with Crippen molar-refractivity contribution in [2.45, 2.75) is 32.4 Å². The predicted octanol–water partition coefficient (Wildman–Crippen LogP) is 4.48. The summed E-state index contributed by atoms with van der Waals surface area (Å²) in [5, 5.41) is 6.36. The van der Waals surface area contributed by atoms with Crippen LogP contribution in [0, 0.1) is 5.82 Å². The minimum atomic E-state index is -0.338. The quantitative estimate of drug-likeness (QED) is 0.389. The summed E-state index contributed by atoms with van der Waals surface area (Å²) in [6.45, 7) is 5.71. The number of rotatable bonds is 7. The van der Waals surface area contributed by atoms with E-state index in [1.54, 1.807) is 12.4 Å². The number of carbonyl (C=O) groups is 1. The van der Waals surface area contributed by atoms with Crippen LogP contribution in [0.1, 0.15) is 46.4 Å². The molecule has 6 rings (SSSR count). The highest BCUT2D eigenvalue weighted by Gasteiger charge is 2.28. The van der Waals surface area contributed by atoms with Gasteiger partial charge in [0, 0.05) is 43.4 Å². The van der Waals surface area contributed by atoms with Gasteiger partial charge in [0.2, 0.25) is 0 Å². The molecule has 0 aliphatic carbocycles.